The number of benzene rings is 1. The van der Waals surface area contributed by atoms with Gasteiger partial charge in [-0.2, -0.15) is 8.78 Å². The van der Waals surface area contributed by atoms with Gasteiger partial charge in [-0.15, -0.1) is 0 Å². The summed E-state index contributed by atoms with van der Waals surface area (Å²) in [6.07, 6.45) is 1.62. The number of halogens is 3. The number of pyridine rings is 1. The molecule has 1 aromatic carbocycles. The third-order valence-electron chi connectivity index (χ3n) is 3.28. The van der Waals surface area contributed by atoms with Crippen LogP contribution in [-0.2, 0) is 11.3 Å². The highest BCUT2D eigenvalue weighted by Gasteiger charge is 2.14. The van der Waals surface area contributed by atoms with Crippen molar-refractivity contribution in [2.75, 3.05) is 18.9 Å². The number of hydrogen-bond donors (Lipinski definition) is 1. The number of likely N-dealkylation sites (N-methyl/N-ethyl adjacent to an activating group) is 1. The van der Waals surface area contributed by atoms with Gasteiger partial charge in [-0.3, -0.25) is 9.69 Å². The van der Waals surface area contributed by atoms with Gasteiger partial charge >= 0.3 is 6.61 Å². The highest BCUT2D eigenvalue weighted by Crippen LogP contribution is 2.25. The van der Waals surface area contributed by atoms with Crippen LogP contribution in [0.4, 0.5) is 14.6 Å². The fourth-order valence-corrected chi connectivity index (χ4v) is 2.67. The first-order valence-electron chi connectivity index (χ1n) is 7.48. The molecule has 0 atom stereocenters. The van der Waals surface area contributed by atoms with Crippen molar-refractivity contribution in [2.24, 2.45) is 0 Å². The molecule has 0 aliphatic heterocycles. The van der Waals surface area contributed by atoms with E-state index in [9.17, 15) is 13.6 Å². The molecule has 8 heteroatoms. The Balaban J connectivity index is 1.98. The maximum atomic E-state index is 12.5. The normalized spacial score (nSPS) is 11.0. The second-order valence-corrected chi connectivity index (χ2v) is 6.49. The van der Waals surface area contributed by atoms with E-state index in [0.29, 0.717) is 11.4 Å². The summed E-state index contributed by atoms with van der Waals surface area (Å²) in [4.78, 5) is 17.9. The molecular weight excluding hydrogens is 396 g/mol. The lowest BCUT2D eigenvalue weighted by Gasteiger charge is -2.18. The summed E-state index contributed by atoms with van der Waals surface area (Å²) in [5.41, 5.74) is 1.54. The predicted octanol–water partition coefficient (Wildman–Crippen LogP) is 3.82. The first kappa shape index (κ1) is 19.3. The van der Waals surface area contributed by atoms with Crippen LogP contribution in [0.1, 0.15) is 11.1 Å². The summed E-state index contributed by atoms with van der Waals surface area (Å²) < 4.78 is 30.3. The molecular formula is C17H18BrF2N3O2. The molecule has 0 fully saturated rings. The van der Waals surface area contributed by atoms with E-state index >= 15 is 0 Å². The number of anilines is 1. The van der Waals surface area contributed by atoms with Crippen LogP contribution in [0.2, 0.25) is 0 Å². The number of ether oxygens (including phenoxy) is 1. The van der Waals surface area contributed by atoms with Gasteiger partial charge in [0.25, 0.3) is 0 Å². The molecule has 134 valence electrons. The number of aromatic nitrogens is 1. The Morgan fingerprint density at radius 2 is 2.12 bits per heavy atom. The maximum absolute atomic E-state index is 12.5. The Morgan fingerprint density at radius 3 is 2.80 bits per heavy atom. The van der Waals surface area contributed by atoms with Crippen LogP contribution in [0.5, 0.6) is 5.75 Å². The van der Waals surface area contributed by atoms with Crippen LogP contribution < -0.4 is 10.1 Å². The van der Waals surface area contributed by atoms with Gasteiger partial charge in [0.15, 0.2) is 0 Å². The van der Waals surface area contributed by atoms with E-state index in [1.165, 1.54) is 6.07 Å². The van der Waals surface area contributed by atoms with Gasteiger partial charge < -0.3 is 10.1 Å². The average Bonchev–Trinajstić information content (AvgIpc) is 2.49. The number of alkyl halides is 2. The fraction of sp³-hybridized carbons (Fsp3) is 0.294. The zero-order valence-corrected chi connectivity index (χ0v) is 15.4. The molecule has 1 heterocycles. The lowest BCUT2D eigenvalue weighted by Crippen LogP contribution is -2.30. The third kappa shape index (κ3) is 6.39. The molecule has 1 aromatic heterocycles. The standard InChI is InChI=1S/C17H18BrF2N3O2/c1-11-5-6-21-15(7-11)22-16(24)10-23(2)9-12-8-13(18)3-4-14(12)25-17(19)20/h3-8,17H,9-10H2,1-2H3,(H,21,22,24). The van der Waals surface area contributed by atoms with Crippen LogP contribution in [-0.4, -0.2) is 36.0 Å². The highest BCUT2D eigenvalue weighted by atomic mass is 79.9. The number of aryl methyl sites for hydroxylation is 1. The van der Waals surface area contributed by atoms with E-state index in [1.54, 1.807) is 36.3 Å². The Bertz CT molecular complexity index is 744. The lowest BCUT2D eigenvalue weighted by molar-refractivity contribution is -0.117. The highest BCUT2D eigenvalue weighted by molar-refractivity contribution is 9.10. The summed E-state index contributed by atoms with van der Waals surface area (Å²) in [5.74, 6) is 0.320. The Kier molecular flexibility index (Phi) is 6.83. The van der Waals surface area contributed by atoms with Crippen molar-refractivity contribution in [3.63, 3.8) is 0 Å². The number of nitrogens with one attached hydrogen (secondary N) is 1. The van der Waals surface area contributed by atoms with Gasteiger partial charge in [0.05, 0.1) is 6.54 Å². The second kappa shape index (κ2) is 8.87. The predicted molar refractivity (Wildman–Crippen MR) is 94.7 cm³/mol. The number of carbonyl (C=O) groups is 1. The number of amides is 1. The number of rotatable bonds is 7. The lowest BCUT2D eigenvalue weighted by atomic mass is 10.2. The topological polar surface area (TPSA) is 54.5 Å². The molecule has 1 N–H and O–H groups in total. The van der Waals surface area contributed by atoms with Gasteiger partial charge in [0.2, 0.25) is 5.91 Å². The summed E-state index contributed by atoms with van der Waals surface area (Å²) in [5, 5.41) is 2.71. The van der Waals surface area contributed by atoms with Crippen molar-refractivity contribution >= 4 is 27.7 Å². The van der Waals surface area contributed by atoms with Crippen molar-refractivity contribution in [3.05, 3.63) is 52.1 Å². The average molecular weight is 414 g/mol. The fourth-order valence-electron chi connectivity index (χ4n) is 2.26. The third-order valence-corrected chi connectivity index (χ3v) is 3.77. The molecule has 0 radical (unpaired) electrons. The van der Waals surface area contributed by atoms with Crippen molar-refractivity contribution in [1.29, 1.82) is 0 Å². The Hall–Kier alpha value is -2.06. The zero-order chi connectivity index (χ0) is 18.4. The minimum absolute atomic E-state index is 0.0796. The van der Waals surface area contributed by atoms with Crippen LogP contribution in [0, 0.1) is 6.92 Å². The van der Waals surface area contributed by atoms with Crippen molar-refractivity contribution in [1.82, 2.24) is 9.88 Å². The molecule has 0 bridgehead atoms. The largest absolute Gasteiger partial charge is 0.434 e. The molecule has 0 aliphatic carbocycles. The quantitative estimate of drug-likeness (QED) is 0.749. The summed E-state index contributed by atoms with van der Waals surface area (Å²) in [6.45, 7) is -0.644. The Labute approximate surface area is 153 Å². The summed E-state index contributed by atoms with van der Waals surface area (Å²) in [7, 11) is 1.72. The van der Waals surface area contributed by atoms with E-state index in [1.807, 2.05) is 13.0 Å². The van der Waals surface area contributed by atoms with Crippen LogP contribution in [0.3, 0.4) is 0 Å². The first-order chi connectivity index (χ1) is 11.8. The van der Waals surface area contributed by atoms with Crippen molar-refractivity contribution in [3.8, 4) is 5.75 Å². The van der Waals surface area contributed by atoms with Crippen LogP contribution >= 0.6 is 15.9 Å². The van der Waals surface area contributed by atoms with Gasteiger partial charge in [0, 0.05) is 22.8 Å². The molecule has 2 aromatic rings. The molecule has 0 spiro atoms. The van der Waals surface area contributed by atoms with E-state index < -0.39 is 6.61 Å². The number of nitrogens with zero attached hydrogens (tertiary/aromatic N) is 2. The van der Waals surface area contributed by atoms with Gasteiger partial charge in [-0.25, -0.2) is 4.98 Å². The van der Waals surface area contributed by atoms with E-state index in [4.69, 9.17) is 0 Å². The molecule has 1 amide bonds. The molecule has 0 aliphatic rings. The Morgan fingerprint density at radius 1 is 1.36 bits per heavy atom. The number of carbonyl (C=O) groups excluding carboxylic acids is 1. The van der Waals surface area contributed by atoms with E-state index in [2.05, 4.69) is 31.0 Å². The monoisotopic (exact) mass is 413 g/mol. The van der Waals surface area contributed by atoms with Gasteiger partial charge in [0.1, 0.15) is 11.6 Å². The van der Waals surface area contributed by atoms with Crippen molar-refractivity contribution in [2.45, 2.75) is 20.1 Å². The van der Waals surface area contributed by atoms with Crippen molar-refractivity contribution < 1.29 is 18.3 Å². The van der Waals surface area contributed by atoms with Gasteiger partial charge in [-0.1, -0.05) is 15.9 Å². The maximum Gasteiger partial charge on any atom is 0.387 e. The van der Waals surface area contributed by atoms with E-state index in [-0.39, 0.29) is 24.7 Å². The SMILES string of the molecule is Cc1ccnc(NC(=O)CN(C)Cc2cc(Br)ccc2OC(F)F)c1. The molecule has 0 saturated carbocycles. The number of hydrogen-bond acceptors (Lipinski definition) is 4. The molecule has 2 rings (SSSR count). The molecule has 5 nitrogen and oxygen atoms in total. The second-order valence-electron chi connectivity index (χ2n) is 5.57. The van der Waals surface area contributed by atoms with E-state index in [0.717, 1.165) is 10.0 Å². The first-order valence-corrected chi connectivity index (χ1v) is 8.27. The van der Waals surface area contributed by atoms with Crippen LogP contribution in [0.25, 0.3) is 0 Å². The van der Waals surface area contributed by atoms with Crippen LogP contribution in [0.15, 0.2) is 41.0 Å². The minimum atomic E-state index is -2.90. The molecule has 25 heavy (non-hydrogen) atoms. The zero-order valence-electron chi connectivity index (χ0n) is 13.8. The molecule has 0 unspecified atom stereocenters. The molecule has 0 saturated heterocycles. The smallest absolute Gasteiger partial charge is 0.387 e. The van der Waals surface area contributed by atoms with Gasteiger partial charge in [-0.05, 0) is 49.9 Å². The summed E-state index contributed by atoms with van der Waals surface area (Å²) >= 11 is 3.31. The summed E-state index contributed by atoms with van der Waals surface area (Å²) in [6, 6.07) is 8.38. The minimum Gasteiger partial charge on any atom is -0.434 e.